The lowest BCUT2D eigenvalue weighted by atomic mass is 10.0. The molecule has 0 aromatic carbocycles. The summed E-state index contributed by atoms with van der Waals surface area (Å²) in [5.41, 5.74) is 0. The maximum Gasteiger partial charge on any atom is 0.306 e. The number of ether oxygens (including phenoxy) is 1. The molecule has 2 aliphatic rings. The van der Waals surface area contributed by atoms with Crippen LogP contribution in [-0.2, 0) is 13.6 Å². The summed E-state index contributed by atoms with van der Waals surface area (Å²) in [5.74, 6) is 4.33. The van der Waals surface area contributed by atoms with Gasteiger partial charge in [0.2, 0.25) is 0 Å². The number of thioether (sulfide) groups is 2. The number of carbonyl (C=O) groups is 1. The van der Waals surface area contributed by atoms with Crippen molar-refractivity contribution in [3.63, 3.8) is 0 Å². The second-order valence-corrected chi connectivity index (χ2v) is 7.65. The number of hydrogen-bond donors (Lipinski definition) is 0. The molecule has 5 heteroatoms. The van der Waals surface area contributed by atoms with Gasteiger partial charge in [-0.15, -0.1) is 23.5 Å². The zero-order chi connectivity index (χ0) is 12.6. The third-order valence-corrected chi connectivity index (χ3v) is 7.02. The van der Waals surface area contributed by atoms with E-state index in [-0.39, 0.29) is 16.0 Å². The Morgan fingerprint density at radius 3 is 2.67 bits per heavy atom. The Hall–Kier alpha value is -0.550. The van der Waals surface area contributed by atoms with E-state index in [0.29, 0.717) is 13.0 Å². The van der Waals surface area contributed by atoms with Crippen molar-refractivity contribution >= 4 is 29.5 Å². The lowest BCUT2D eigenvalue weighted by molar-refractivity contribution is -0.137. The number of hydrogen-bond acceptors (Lipinski definition) is 5. The monoisotopic (exact) mass is 284 g/mol. The summed E-state index contributed by atoms with van der Waals surface area (Å²) in [5, 5.41) is 0. The van der Waals surface area contributed by atoms with Crippen LogP contribution < -0.4 is 0 Å². The molecule has 1 unspecified atom stereocenters. The first-order valence-electron chi connectivity index (χ1n) is 6.21. The Balaban J connectivity index is 1.95. The standard InChI is InChI=1S/C13H16O3S2/c1-9-3-4-11(16-9)13(17-5-2-6-18-13)10-7-12(14)15-8-10/h3-4,10H,2,5-8H2,1H3. The molecule has 0 N–H and O–H groups in total. The molecule has 2 fully saturated rings. The molecule has 0 amide bonds. The van der Waals surface area contributed by atoms with Crippen LogP contribution >= 0.6 is 23.5 Å². The first kappa shape index (κ1) is 12.5. The number of rotatable bonds is 2. The molecule has 0 spiro atoms. The van der Waals surface area contributed by atoms with Gasteiger partial charge in [0, 0.05) is 5.92 Å². The van der Waals surface area contributed by atoms with Crippen LogP contribution in [0.4, 0.5) is 0 Å². The van der Waals surface area contributed by atoms with Crippen LogP contribution in [0.15, 0.2) is 16.5 Å². The van der Waals surface area contributed by atoms with Gasteiger partial charge in [0.1, 0.15) is 15.6 Å². The van der Waals surface area contributed by atoms with E-state index in [2.05, 4.69) is 6.07 Å². The first-order chi connectivity index (χ1) is 8.71. The molecule has 3 nitrogen and oxygen atoms in total. The molecular formula is C13H16O3S2. The average molecular weight is 284 g/mol. The minimum Gasteiger partial charge on any atom is -0.465 e. The zero-order valence-corrected chi connectivity index (χ0v) is 11.9. The first-order valence-corrected chi connectivity index (χ1v) is 8.18. The van der Waals surface area contributed by atoms with Crippen LogP contribution in [0.5, 0.6) is 0 Å². The van der Waals surface area contributed by atoms with Crippen molar-refractivity contribution in [2.24, 2.45) is 5.92 Å². The van der Waals surface area contributed by atoms with Crippen LogP contribution in [0, 0.1) is 12.8 Å². The summed E-state index contributed by atoms with van der Waals surface area (Å²) >= 11 is 3.83. The van der Waals surface area contributed by atoms with Crippen LogP contribution in [0.3, 0.4) is 0 Å². The lowest BCUT2D eigenvalue weighted by Crippen LogP contribution is -2.32. The van der Waals surface area contributed by atoms with Crippen molar-refractivity contribution in [2.75, 3.05) is 18.1 Å². The van der Waals surface area contributed by atoms with Crippen molar-refractivity contribution in [2.45, 2.75) is 23.8 Å². The molecule has 0 aliphatic carbocycles. The maximum absolute atomic E-state index is 11.4. The van der Waals surface area contributed by atoms with Crippen molar-refractivity contribution in [1.82, 2.24) is 0 Å². The molecule has 3 rings (SSSR count). The minimum absolute atomic E-state index is 0.0746. The highest BCUT2D eigenvalue weighted by molar-refractivity contribution is 8.18. The molecule has 3 heterocycles. The van der Waals surface area contributed by atoms with Gasteiger partial charge >= 0.3 is 5.97 Å². The highest BCUT2D eigenvalue weighted by Crippen LogP contribution is 2.57. The Morgan fingerprint density at radius 1 is 1.33 bits per heavy atom. The second kappa shape index (κ2) is 4.85. The summed E-state index contributed by atoms with van der Waals surface area (Å²) in [6.07, 6.45) is 1.73. The number of furan rings is 1. The molecular weight excluding hydrogens is 268 g/mol. The topological polar surface area (TPSA) is 39.4 Å². The molecule has 0 saturated carbocycles. The van der Waals surface area contributed by atoms with Gasteiger partial charge in [-0.2, -0.15) is 0 Å². The van der Waals surface area contributed by atoms with Crippen molar-refractivity contribution in [1.29, 1.82) is 0 Å². The molecule has 98 valence electrons. The predicted octanol–water partition coefficient (Wildman–Crippen LogP) is 3.17. The van der Waals surface area contributed by atoms with Gasteiger partial charge in [-0.1, -0.05) is 0 Å². The third kappa shape index (κ3) is 2.07. The lowest BCUT2D eigenvalue weighted by Gasteiger charge is -2.37. The number of esters is 1. The van der Waals surface area contributed by atoms with Crippen LogP contribution in [0.2, 0.25) is 0 Å². The van der Waals surface area contributed by atoms with E-state index in [1.165, 1.54) is 6.42 Å². The molecule has 2 saturated heterocycles. The highest BCUT2D eigenvalue weighted by atomic mass is 32.2. The van der Waals surface area contributed by atoms with Crippen LogP contribution in [0.25, 0.3) is 0 Å². The van der Waals surface area contributed by atoms with Crippen LogP contribution in [0.1, 0.15) is 24.4 Å². The van der Waals surface area contributed by atoms with Crippen LogP contribution in [-0.4, -0.2) is 24.1 Å². The molecule has 1 aromatic heterocycles. The van der Waals surface area contributed by atoms with Gasteiger partial charge in [-0.3, -0.25) is 4.79 Å². The second-order valence-electron chi connectivity index (χ2n) is 4.71. The Morgan fingerprint density at radius 2 is 2.11 bits per heavy atom. The van der Waals surface area contributed by atoms with E-state index in [9.17, 15) is 4.79 Å². The van der Waals surface area contributed by atoms with Gasteiger partial charge < -0.3 is 9.15 Å². The van der Waals surface area contributed by atoms with E-state index in [1.54, 1.807) is 0 Å². The largest absolute Gasteiger partial charge is 0.465 e. The third-order valence-electron chi connectivity index (χ3n) is 3.40. The van der Waals surface area contributed by atoms with Gasteiger partial charge in [0.05, 0.1) is 13.0 Å². The molecule has 0 radical (unpaired) electrons. The SMILES string of the molecule is Cc1ccc(C2(C3COC(=O)C3)SCCCS2)o1. The summed E-state index contributed by atoms with van der Waals surface area (Å²) < 4.78 is 10.9. The Labute approximate surface area is 115 Å². The fraction of sp³-hybridized carbons (Fsp3) is 0.615. The van der Waals surface area contributed by atoms with Crippen molar-refractivity contribution < 1.29 is 13.9 Å². The molecule has 18 heavy (non-hydrogen) atoms. The summed E-state index contributed by atoms with van der Waals surface area (Å²) in [6.45, 7) is 2.49. The summed E-state index contributed by atoms with van der Waals surface area (Å²) in [4.78, 5) is 11.4. The maximum atomic E-state index is 11.4. The van der Waals surface area contributed by atoms with E-state index in [4.69, 9.17) is 9.15 Å². The molecule has 0 bridgehead atoms. The fourth-order valence-corrected chi connectivity index (χ4v) is 5.98. The number of carbonyl (C=O) groups excluding carboxylic acids is 1. The summed E-state index contributed by atoms with van der Waals surface area (Å²) in [6, 6.07) is 4.06. The summed E-state index contributed by atoms with van der Waals surface area (Å²) in [7, 11) is 0. The number of cyclic esters (lactones) is 1. The molecule has 2 aliphatic heterocycles. The van der Waals surface area contributed by atoms with Crippen molar-refractivity contribution in [3.05, 3.63) is 23.7 Å². The van der Waals surface area contributed by atoms with E-state index in [0.717, 1.165) is 23.0 Å². The predicted molar refractivity (Wildman–Crippen MR) is 73.7 cm³/mol. The fourth-order valence-electron chi connectivity index (χ4n) is 2.51. The van der Waals surface area contributed by atoms with Gasteiger partial charge in [-0.25, -0.2) is 0 Å². The van der Waals surface area contributed by atoms with Gasteiger partial charge in [0.15, 0.2) is 0 Å². The van der Waals surface area contributed by atoms with E-state index >= 15 is 0 Å². The molecule has 1 aromatic rings. The van der Waals surface area contributed by atoms with E-state index < -0.39 is 0 Å². The Bertz CT molecular complexity index is 449. The van der Waals surface area contributed by atoms with Gasteiger partial charge in [-0.05, 0) is 37.0 Å². The smallest absolute Gasteiger partial charge is 0.306 e. The Kier molecular flexibility index (Phi) is 3.36. The number of aryl methyl sites for hydroxylation is 1. The highest BCUT2D eigenvalue weighted by Gasteiger charge is 2.49. The molecule has 1 atom stereocenters. The average Bonchev–Trinajstić information content (AvgIpc) is 2.99. The zero-order valence-electron chi connectivity index (χ0n) is 10.3. The van der Waals surface area contributed by atoms with Crippen molar-refractivity contribution in [3.8, 4) is 0 Å². The normalized spacial score (nSPS) is 27.2. The van der Waals surface area contributed by atoms with Gasteiger partial charge in [0.25, 0.3) is 0 Å². The quantitative estimate of drug-likeness (QED) is 0.780. The van der Waals surface area contributed by atoms with E-state index in [1.807, 2.05) is 36.5 Å². The minimum atomic E-state index is -0.126.